The summed E-state index contributed by atoms with van der Waals surface area (Å²) >= 11 is 0. The zero-order chi connectivity index (χ0) is 11.4. The van der Waals surface area contributed by atoms with E-state index in [2.05, 4.69) is 0 Å². The first kappa shape index (κ1) is 11.9. The monoisotopic (exact) mass is 211 g/mol. The van der Waals surface area contributed by atoms with E-state index in [1.807, 2.05) is 0 Å². The van der Waals surface area contributed by atoms with Crippen molar-refractivity contribution in [2.45, 2.75) is 39.0 Å². The molecule has 1 aliphatic carbocycles. The predicted octanol–water partition coefficient (Wildman–Crippen LogP) is 1.88. The minimum absolute atomic E-state index is 0.0564. The highest BCUT2D eigenvalue weighted by Crippen LogP contribution is 2.30. The number of carbonyl (C=O) groups excluding carboxylic acids is 1. The summed E-state index contributed by atoms with van der Waals surface area (Å²) in [5.74, 6) is -0.933. The molecule has 2 N–H and O–H groups in total. The second-order valence-corrected chi connectivity index (χ2v) is 4.36. The smallest absolute Gasteiger partial charge is 0.349 e. The molecule has 4 heteroatoms. The van der Waals surface area contributed by atoms with Crippen LogP contribution in [0.2, 0.25) is 0 Å². The maximum atomic E-state index is 11.6. The van der Waals surface area contributed by atoms with Gasteiger partial charge in [-0.15, -0.1) is 0 Å². The molecular weight excluding hydrogens is 194 g/mol. The van der Waals surface area contributed by atoms with Gasteiger partial charge < -0.3 is 5.11 Å². The molecular formula is C11H17NO3. The van der Waals surface area contributed by atoms with E-state index in [-0.39, 0.29) is 23.8 Å². The Balaban J connectivity index is 2.31. The lowest BCUT2D eigenvalue weighted by atomic mass is 9.79. The van der Waals surface area contributed by atoms with Crippen LogP contribution in [0.5, 0.6) is 0 Å². The molecule has 0 aromatic rings. The lowest BCUT2D eigenvalue weighted by molar-refractivity contribution is -0.129. The molecule has 0 radical (unpaired) electrons. The third kappa shape index (κ3) is 3.46. The van der Waals surface area contributed by atoms with Crippen LogP contribution < -0.4 is 0 Å². The average Bonchev–Trinajstić information content (AvgIpc) is 2.10. The Kier molecular flexibility index (Phi) is 4.00. The summed E-state index contributed by atoms with van der Waals surface area (Å²) in [7, 11) is 0. The molecule has 15 heavy (non-hydrogen) atoms. The highest BCUT2D eigenvalue weighted by Gasteiger charge is 2.24. The fraction of sp³-hybridized carbons (Fsp3) is 0.727. The Hall–Kier alpha value is -1.19. The van der Waals surface area contributed by atoms with E-state index in [4.69, 9.17) is 10.5 Å². The van der Waals surface area contributed by atoms with Gasteiger partial charge in [0.25, 0.3) is 0 Å². The number of ketones is 1. The summed E-state index contributed by atoms with van der Waals surface area (Å²) in [5.41, 5.74) is -0.371. The molecule has 0 heterocycles. The molecule has 0 saturated heterocycles. The molecule has 1 fully saturated rings. The zero-order valence-electron chi connectivity index (χ0n) is 8.95. The highest BCUT2D eigenvalue weighted by molar-refractivity contribution is 6.34. The SMILES string of the molecule is CC(CC(=N)C(=O)O)C(=O)CC1CCC1. The van der Waals surface area contributed by atoms with E-state index in [0.29, 0.717) is 12.3 Å². The maximum absolute atomic E-state index is 11.6. The summed E-state index contributed by atoms with van der Waals surface area (Å²) in [4.78, 5) is 22.0. The maximum Gasteiger partial charge on any atom is 0.349 e. The number of Topliss-reactive ketones (excluding diaryl/α,β-unsaturated/α-hetero) is 1. The Morgan fingerprint density at radius 2 is 2.07 bits per heavy atom. The predicted molar refractivity (Wildman–Crippen MR) is 56.1 cm³/mol. The standard InChI is InChI=1S/C11H17NO3/c1-7(5-9(12)11(14)15)10(13)6-8-3-2-4-8/h7-8,12H,2-6H2,1H3,(H,14,15). The van der Waals surface area contributed by atoms with Crippen LogP contribution in [0.3, 0.4) is 0 Å². The second kappa shape index (κ2) is 5.05. The lowest BCUT2D eigenvalue weighted by Gasteiger charge is -2.25. The van der Waals surface area contributed by atoms with Crippen LogP contribution in [0.1, 0.15) is 39.0 Å². The Morgan fingerprint density at radius 3 is 2.47 bits per heavy atom. The van der Waals surface area contributed by atoms with Crippen molar-refractivity contribution in [1.29, 1.82) is 5.41 Å². The second-order valence-electron chi connectivity index (χ2n) is 4.36. The van der Waals surface area contributed by atoms with Gasteiger partial charge in [-0.25, -0.2) is 4.79 Å². The van der Waals surface area contributed by atoms with Crippen molar-refractivity contribution in [1.82, 2.24) is 0 Å². The molecule has 1 rings (SSSR count). The van der Waals surface area contributed by atoms with Gasteiger partial charge in [-0.3, -0.25) is 10.2 Å². The topological polar surface area (TPSA) is 78.2 Å². The number of carbonyl (C=O) groups is 2. The minimum atomic E-state index is -1.22. The largest absolute Gasteiger partial charge is 0.477 e. The van der Waals surface area contributed by atoms with Crippen molar-refractivity contribution >= 4 is 17.5 Å². The number of hydrogen-bond acceptors (Lipinski definition) is 3. The minimum Gasteiger partial charge on any atom is -0.477 e. The fourth-order valence-corrected chi connectivity index (χ4v) is 1.69. The number of aliphatic carboxylic acids is 1. The van der Waals surface area contributed by atoms with Crippen molar-refractivity contribution < 1.29 is 14.7 Å². The number of hydrogen-bond donors (Lipinski definition) is 2. The summed E-state index contributed by atoms with van der Waals surface area (Å²) < 4.78 is 0. The normalized spacial score (nSPS) is 17.9. The molecule has 1 atom stereocenters. The van der Waals surface area contributed by atoms with Crippen molar-refractivity contribution in [2.24, 2.45) is 11.8 Å². The first-order chi connectivity index (χ1) is 7.00. The first-order valence-corrected chi connectivity index (χ1v) is 5.34. The van der Waals surface area contributed by atoms with E-state index >= 15 is 0 Å². The van der Waals surface area contributed by atoms with Gasteiger partial charge in [-0.05, 0) is 5.92 Å². The molecule has 84 valence electrons. The van der Waals surface area contributed by atoms with Crippen LogP contribution in [0.15, 0.2) is 0 Å². The molecule has 1 unspecified atom stereocenters. The number of rotatable bonds is 6. The van der Waals surface area contributed by atoms with Crippen LogP contribution >= 0.6 is 0 Å². The van der Waals surface area contributed by atoms with Gasteiger partial charge in [-0.2, -0.15) is 0 Å². The molecule has 1 saturated carbocycles. The van der Waals surface area contributed by atoms with Crippen molar-refractivity contribution in [3.8, 4) is 0 Å². The van der Waals surface area contributed by atoms with E-state index in [0.717, 1.165) is 12.8 Å². The van der Waals surface area contributed by atoms with Crippen molar-refractivity contribution in [3.05, 3.63) is 0 Å². The molecule has 0 aromatic carbocycles. The van der Waals surface area contributed by atoms with Gasteiger partial charge >= 0.3 is 5.97 Å². The van der Waals surface area contributed by atoms with Gasteiger partial charge in [0, 0.05) is 18.8 Å². The fourth-order valence-electron chi connectivity index (χ4n) is 1.69. The summed E-state index contributed by atoms with van der Waals surface area (Å²) in [6.07, 6.45) is 4.07. The first-order valence-electron chi connectivity index (χ1n) is 5.34. The molecule has 4 nitrogen and oxygen atoms in total. The van der Waals surface area contributed by atoms with Gasteiger partial charge in [0.1, 0.15) is 11.5 Å². The van der Waals surface area contributed by atoms with Crippen LogP contribution in [0, 0.1) is 17.2 Å². The Morgan fingerprint density at radius 1 is 1.47 bits per heavy atom. The summed E-state index contributed by atoms with van der Waals surface area (Å²) in [6.45, 7) is 1.71. The van der Waals surface area contributed by atoms with Gasteiger partial charge in [0.2, 0.25) is 0 Å². The van der Waals surface area contributed by atoms with Gasteiger partial charge in [-0.1, -0.05) is 26.2 Å². The van der Waals surface area contributed by atoms with Crippen LogP contribution in [0.4, 0.5) is 0 Å². The molecule has 0 spiro atoms. The van der Waals surface area contributed by atoms with E-state index in [1.165, 1.54) is 6.42 Å². The van der Waals surface area contributed by atoms with Gasteiger partial charge in [0.05, 0.1) is 0 Å². The van der Waals surface area contributed by atoms with Crippen LogP contribution in [-0.2, 0) is 9.59 Å². The molecule has 0 bridgehead atoms. The van der Waals surface area contributed by atoms with Crippen LogP contribution in [0.25, 0.3) is 0 Å². The average molecular weight is 211 g/mol. The third-order valence-corrected chi connectivity index (χ3v) is 3.03. The number of carboxylic acid groups (broad SMARTS) is 1. The molecule has 1 aliphatic rings. The van der Waals surface area contributed by atoms with Gasteiger partial charge in [0.15, 0.2) is 0 Å². The molecule has 0 aliphatic heterocycles. The highest BCUT2D eigenvalue weighted by atomic mass is 16.4. The lowest BCUT2D eigenvalue weighted by Crippen LogP contribution is -2.24. The van der Waals surface area contributed by atoms with Crippen LogP contribution in [-0.4, -0.2) is 22.6 Å². The van der Waals surface area contributed by atoms with E-state index in [1.54, 1.807) is 6.92 Å². The zero-order valence-corrected chi connectivity index (χ0v) is 8.95. The molecule has 0 aromatic heterocycles. The van der Waals surface area contributed by atoms with Crippen molar-refractivity contribution in [3.63, 3.8) is 0 Å². The van der Waals surface area contributed by atoms with E-state index < -0.39 is 5.97 Å². The summed E-state index contributed by atoms with van der Waals surface area (Å²) in [6, 6.07) is 0. The summed E-state index contributed by atoms with van der Waals surface area (Å²) in [5, 5.41) is 15.7. The quantitative estimate of drug-likeness (QED) is 0.658. The Bertz CT molecular complexity index is 282. The molecule has 0 amide bonds. The van der Waals surface area contributed by atoms with Crippen molar-refractivity contribution in [2.75, 3.05) is 0 Å². The van der Waals surface area contributed by atoms with E-state index in [9.17, 15) is 9.59 Å². The third-order valence-electron chi connectivity index (χ3n) is 3.03. The number of nitrogens with one attached hydrogen (secondary N) is 1. The Labute approximate surface area is 89.2 Å². The number of carboxylic acids is 1.